The summed E-state index contributed by atoms with van der Waals surface area (Å²) in [6.07, 6.45) is 0.268. The molecule has 3 nitrogen and oxygen atoms in total. The van der Waals surface area contributed by atoms with Crippen molar-refractivity contribution in [3.05, 3.63) is 27.2 Å². The van der Waals surface area contributed by atoms with E-state index < -0.39 is 0 Å². The molecule has 17 heavy (non-hydrogen) atoms. The van der Waals surface area contributed by atoms with Crippen molar-refractivity contribution >= 4 is 46.5 Å². The smallest absolute Gasteiger partial charge is 0.307 e. The monoisotopic (exact) mass is 295 g/mol. The van der Waals surface area contributed by atoms with E-state index in [1.165, 1.54) is 0 Å². The first-order valence-corrected chi connectivity index (χ1v) is 6.22. The highest BCUT2D eigenvalue weighted by Crippen LogP contribution is 2.32. The zero-order valence-electron chi connectivity index (χ0n) is 9.23. The maximum atomic E-state index is 11.1. The summed E-state index contributed by atoms with van der Waals surface area (Å²) in [5, 5.41) is 4.26. The third-order valence-electron chi connectivity index (χ3n) is 1.96. The molecule has 0 bridgehead atoms. The Balaban J connectivity index is 2.52. The number of benzene rings is 1. The molecule has 6 heteroatoms. The number of rotatable bonds is 5. The summed E-state index contributed by atoms with van der Waals surface area (Å²) in [4.78, 5) is 11.1. The van der Waals surface area contributed by atoms with Gasteiger partial charge in [-0.2, -0.15) is 0 Å². The average molecular weight is 297 g/mol. The molecule has 0 saturated heterocycles. The summed E-state index contributed by atoms with van der Waals surface area (Å²) >= 11 is 17.6. The maximum absolute atomic E-state index is 11.1. The van der Waals surface area contributed by atoms with Gasteiger partial charge >= 0.3 is 5.97 Å². The minimum atomic E-state index is -0.254. The van der Waals surface area contributed by atoms with E-state index in [-0.39, 0.29) is 12.4 Å². The van der Waals surface area contributed by atoms with Gasteiger partial charge < -0.3 is 10.1 Å². The summed E-state index contributed by atoms with van der Waals surface area (Å²) < 4.78 is 4.79. The number of anilines is 1. The lowest BCUT2D eigenvalue weighted by atomic mass is 10.3. The quantitative estimate of drug-likeness (QED) is 0.659. The fourth-order valence-electron chi connectivity index (χ4n) is 1.19. The van der Waals surface area contributed by atoms with Crippen LogP contribution in [0.3, 0.4) is 0 Å². The lowest BCUT2D eigenvalue weighted by Gasteiger charge is -2.09. The predicted molar refractivity (Wildman–Crippen MR) is 71.2 cm³/mol. The second-order valence-corrected chi connectivity index (χ2v) is 4.45. The molecule has 0 aliphatic rings. The van der Waals surface area contributed by atoms with Crippen LogP contribution in [0.1, 0.15) is 13.3 Å². The summed E-state index contributed by atoms with van der Waals surface area (Å²) in [7, 11) is 0. The van der Waals surface area contributed by atoms with Gasteiger partial charge in [0.05, 0.1) is 33.8 Å². The summed E-state index contributed by atoms with van der Waals surface area (Å²) in [5.41, 5.74) is 0.644. The molecule has 1 aromatic rings. The van der Waals surface area contributed by atoms with Gasteiger partial charge in [-0.05, 0) is 19.1 Å². The molecule has 94 valence electrons. The van der Waals surface area contributed by atoms with Crippen LogP contribution in [-0.2, 0) is 9.53 Å². The molecule has 0 atom stereocenters. The number of hydrogen-bond acceptors (Lipinski definition) is 3. The van der Waals surface area contributed by atoms with Gasteiger partial charge in [-0.3, -0.25) is 4.79 Å². The first-order chi connectivity index (χ1) is 8.04. The second-order valence-electron chi connectivity index (χ2n) is 3.23. The molecule has 0 aromatic heterocycles. The first kappa shape index (κ1) is 14.4. The molecule has 0 spiro atoms. The highest BCUT2D eigenvalue weighted by atomic mass is 35.5. The molecule has 1 N–H and O–H groups in total. The number of hydrogen-bond donors (Lipinski definition) is 1. The number of halogens is 3. The van der Waals surface area contributed by atoms with Crippen LogP contribution in [-0.4, -0.2) is 19.1 Å². The van der Waals surface area contributed by atoms with E-state index in [0.29, 0.717) is 33.9 Å². The largest absolute Gasteiger partial charge is 0.466 e. The van der Waals surface area contributed by atoms with Gasteiger partial charge in [-0.1, -0.05) is 34.8 Å². The average Bonchev–Trinajstić information content (AvgIpc) is 2.26. The van der Waals surface area contributed by atoms with Crippen LogP contribution in [0.15, 0.2) is 12.1 Å². The molecule has 0 radical (unpaired) electrons. The molecule has 0 heterocycles. The maximum Gasteiger partial charge on any atom is 0.307 e. The predicted octanol–water partition coefficient (Wildman–Crippen LogP) is 4.01. The van der Waals surface area contributed by atoms with Crippen molar-refractivity contribution in [3.63, 3.8) is 0 Å². The van der Waals surface area contributed by atoms with E-state index in [1.807, 2.05) is 0 Å². The molecule has 0 saturated carbocycles. The van der Waals surface area contributed by atoms with Gasteiger partial charge in [-0.25, -0.2) is 0 Å². The molecular formula is C11H12Cl3NO2. The lowest BCUT2D eigenvalue weighted by molar-refractivity contribution is -0.142. The van der Waals surface area contributed by atoms with Crippen molar-refractivity contribution in [3.8, 4) is 0 Å². The van der Waals surface area contributed by atoms with Crippen molar-refractivity contribution in [1.29, 1.82) is 0 Å². The van der Waals surface area contributed by atoms with Crippen molar-refractivity contribution in [2.45, 2.75) is 13.3 Å². The molecular weight excluding hydrogens is 284 g/mol. The number of ether oxygens (including phenoxy) is 1. The molecule has 0 amide bonds. The Bertz CT molecular complexity index is 410. The van der Waals surface area contributed by atoms with Crippen LogP contribution in [0.25, 0.3) is 0 Å². The molecule has 1 rings (SSSR count). The van der Waals surface area contributed by atoms with Gasteiger partial charge in [-0.15, -0.1) is 0 Å². The Labute approximate surface area is 115 Å². The molecule has 0 aliphatic heterocycles. The van der Waals surface area contributed by atoms with E-state index in [9.17, 15) is 4.79 Å². The Kier molecular flexibility index (Phi) is 5.89. The number of nitrogens with one attached hydrogen (secondary N) is 1. The van der Waals surface area contributed by atoms with Crippen molar-refractivity contribution < 1.29 is 9.53 Å². The van der Waals surface area contributed by atoms with Crippen LogP contribution in [0.5, 0.6) is 0 Å². The topological polar surface area (TPSA) is 38.3 Å². The number of carbonyl (C=O) groups excluding carboxylic acids is 1. The van der Waals surface area contributed by atoms with Gasteiger partial charge in [0.2, 0.25) is 0 Å². The standard InChI is InChI=1S/C11H12Cl3NO2/c1-2-17-11(16)3-4-15-10-6-8(13)7(12)5-9(10)14/h5-6,15H,2-4H2,1H3. The Morgan fingerprint density at radius 3 is 2.53 bits per heavy atom. The van der Waals surface area contributed by atoms with E-state index in [4.69, 9.17) is 39.5 Å². The van der Waals surface area contributed by atoms with Crippen LogP contribution in [0, 0.1) is 0 Å². The molecule has 0 aliphatic carbocycles. The molecule has 1 aromatic carbocycles. The zero-order valence-corrected chi connectivity index (χ0v) is 11.5. The van der Waals surface area contributed by atoms with E-state index in [2.05, 4.69) is 5.32 Å². The zero-order chi connectivity index (χ0) is 12.8. The van der Waals surface area contributed by atoms with Gasteiger partial charge in [0.15, 0.2) is 0 Å². The van der Waals surface area contributed by atoms with Crippen molar-refractivity contribution in [2.75, 3.05) is 18.5 Å². The third kappa shape index (κ3) is 4.62. The van der Waals surface area contributed by atoms with E-state index in [1.54, 1.807) is 19.1 Å². The van der Waals surface area contributed by atoms with Crippen LogP contribution in [0.2, 0.25) is 15.1 Å². The fraction of sp³-hybridized carbons (Fsp3) is 0.364. The minimum Gasteiger partial charge on any atom is -0.466 e. The summed E-state index contributed by atoms with van der Waals surface area (Å²) in [6, 6.07) is 3.18. The third-order valence-corrected chi connectivity index (χ3v) is 2.99. The van der Waals surface area contributed by atoms with Gasteiger partial charge in [0, 0.05) is 6.54 Å². The molecule has 0 unspecified atom stereocenters. The fourth-order valence-corrected chi connectivity index (χ4v) is 1.80. The first-order valence-electron chi connectivity index (χ1n) is 5.08. The second kappa shape index (κ2) is 6.94. The lowest BCUT2D eigenvalue weighted by Crippen LogP contribution is -2.11. The minimum absolute atomic E-state index is 0.254. The van der Waals surface area contributed by atoms with E-state index >= 15 is 0 Å². The summed E-state index contributed by atoms with van der Waals surface area (Å²) in [6.45, 7) is 2.57. The van der Waals surface area contributed by atoms with Crippen LogP contribution in [0.4, 0.5) is 5.69 Å². The van der Waals surface area contributed by atoms with E-state index in [0.717, 1.165) is 0 Å². The van der Waals surface area contributed by atoms with Crippen LogP contribution >= 0.6 is 34.8 Å². The Morgan fingerprint density at radius 1 is 1.24 bits per heavy atom. The SMILES string of the molecule is CCOC(=O)CCNc1cc(Cl)c(Cl)cc1Cl. The van der Waals surface area contributed by atoms with Crippen molar-refractivity contribution in [1.82, 2.24) is 0 Å². The Hall–Kier alpha value is -0.640. The number of carbonyl (C=O) groups is 1. The normalized spacial score (nSPS) is 10.1. The Morgan fingerprint density at radius 2 is 1.88 bits per heavy atom. The number of esters is 1. The van der Waals surface area contributed by atoms with Gasteiger partial charge in [0.1, 0.15) is 0 Å². The highest BCUT2D eigenvalue weighted by Gasteiger charge is 2.06. The summed E-state index contributed by atoms with van der Waals surface area (Å²) in [5.74, 6) is -0.254. The van der Waals surface area contributed by atoms with Crippen LogP contribution < -0.4 is 5.32 Å². The highest BCUT2D eigenvalue weighted by molar-refractivity contribution is 6.44. The molecule has 0 fully saturated rings. The van der Waals surface area contributed by atoms with Crippen molar-refractivity contribution in [2.24, 2.45) is 0 Å². The van der Waals surface area contributed by atoms with Gasteiger partial charge in [0.25, 0.3) is 0 Å².